The first kappa shape index (κ1) is 13.4. The van der Waals surface area contributed by atoms with Gasteiger partial charge in [0.15, 0.2) is 0 Å². The molecule has 0 saturated carbocycles. The maximum Gasteiger partial charge on any atom is 0.0750 e. The fourth-order valence-corrected chi connectivity index (χ4v) is 2.75. The Morgan fingerprint density at radius 1 is 1.44 bits per heavy atom. The van der Waals surface area contributed by atoms with Crippen molar-refractivity contribution in [2.75, 3.05) is 18.6 Å². The molecule has 1 saturated heterocycles. The van der Waals surface area contributed by atoms with E-state index in [1.165, 1.54) is 11.3 Å². The van der Waals surface area contributed by atoms with E-state index < -0.39 is 0 Å². The summed E-state index contributed by atoms with van der Waals surface area (Å²) in [5.41, 5.74) is 8.69. The fraction of sp³-hybridized carbons (Fsp3) is 0.600. The summed E-state index contributed by atoms with van der Waals surface area (Å²) in [5, 5.41) is 0. The molecule has 2 rings (SSSR count). The molecule has 3 unspecified atom stereocenters. The Morgan fingerprint density at radius 3 is 2.78 bits per heavy atom. The van der Waals surface area contributed by atoms with Gasteiger partial charge >= 0.3 is 0 Å². The molecule has 0 radical (unpaired) electrons. The van der Waals surface area contributed by atoms with Crippen LogP contribution in [0.25, 0.3) is 0 Å². The van der Waals surface area contributed by atoms with E-state index in [0.29, 0.717) is 12.1 Å². The van der Waals surface area contributed by atoms with Gasteiger partial charge in [0.05, 0.1) is 12.1 Å². The van der Waals surface area contributed by atoms with Crippen LogP contribution in [-0.2, 0) is 4.74 Å². The van der Waals surface area contributed by atoms with Gasteiger partial charge in [0.1, 0.15) is 0 Å². The largest absolute Gasteiger partial charge is 0.376 e. The van der Waals surface area contributed by atoms with E-state index in [1.807, 2.05) is 0 Å². The summed E-state index contributed by atoms with van der Waals surface area (Å²) in [6, 6.07) is 9.02. The molecule has 1 aromatic carbocycles. The zero-order chi connectivity index (χ0) is 13.1. The van der Waals surface area contributed by atoms with Gasteiger partial charge in [-0.15, -0.1) is 0 Å². The van der Waals surface area contributed by atoms with Crippen LogP contribution >= 0.6 is 0 Å². The number of para-hydroxylation sites is 1. The minimum Gasteiger partial charge on any atom is -0.376 e. The molecule has 3 atom stereocenters. The summed E-state index contributed by atoms with van der Waals surface area (Å²) in [6.07, 6.45) is 2.34. The molecule has 3 nitrogen and oxygen atoms in total. The molecule has 1 aliphatic rings. The van der Waals surface area contributed by atoms with E-state index in [1.54, 1.807) is 0 Å². The van der Waals surface area contributed by atoms with Crippen LogP contribution in [0.3, 0.4) is 0 Å². The molecule has 1 heterocycles. The number of benzene rings is 1. The Kier molecular flexibility index (Phi) is 4.25. The lowest BCUT2D eigenvalue weighted by atomic mass is 10.0. The van der Waals surface area contributed by atoms with E-state index in [0.717, 1.165) is 19.4 Å². The number of hydrogen-bond acceptors (Lipinski definition) is 3. The summed E-state index contributed by atoms with van der Waals surface area (Å²) in [5.74, 6) is 0. The average Bonchev–Trinajstić information content (AvgIpc) is 2.83. The van der Waals surface area contributed by atoms with Gasteiger partial charge in [-0.2, -0.15) is 0 Å². The zero-order valence-corrected chi connectivity index (χ0v) is 11.6. The van der Waals surface area contributed by atoms with Gasteiger partial charge in [-0.3, -0.25) is 0 Å². The number of nitrogens with zero attached hydrogens (tertiary/aromatic N) is 1. The van der Waals surface area contributed by atoms with Crippen molar-refractivity contribution in [3.63, 3.8) is 0 Å². The Labute approximate surface area is 110 Å². The smallest absolute Gasteiger partial charge is 0.0750 e. The summed E-state index contributed by atoms with van der Waals surface area (Å²) in [6.45, 7) is 5.14. The molecule has 0 aliphatic carbocycles. The fourth-order valence-electron chi connectivity index (χ4n) is 2.75. The molecule has 2 N–H and O–H groups in total. The Bertz CT molecular complexity index is 394. The maximum atomic E-state index is 6.21. The van der Waals surface area contributed by atoms with Crippen LogP contribution in [0.5, 0.6) is 0 Å². The molecule has 1 aliphatic heterocycles. The molecular weight excluding hydrogens is 224 g/mol. The number of hydrogen-bond donors (Lipinski definition) is 1. The van der Waals surface area contributed by atoms with Crippen LogP contribution < -0.4 is 10.6 Å². The predicted molar refractivity (Wildman–Crippen MR) is 75.9 cm³/mol. The SMILES string of the molecule is CCC(N)c1ccccc1N(C)C1CCOC1C. The van der Waals surface area contributed by atoms with Gasteiger partial charge in [0.25, 0.3) is 0 Å². The molecule has 0 bridgehead atoms. The predicted octanol–water partition coefficient (Wildman–Crippen LogP) is 2.71. The van der Waals surface area contributed by atoms with E-state index in [4.69, 9.17) is 10.5 Å². The second-order valence-electron chi connectivity index (χ2n) is 5.12. The third-order valence-electron chi connectivity index (χ3n) is 3.99. The Balaban J connectivity index is 2.26. The molecule has 18 heavy (non-hydrogen) atoms. The highest BCUT2D eigenvalue weighted by Gasteiger charge is 2.29. The van der Waals surface area contributed by atoms with Gasteiger partial charge in [0.2, 0.25) is 0 Å². The molecule has 0 aromatic heterocycles. The first-order valence-electron chi connectivity index (χ1n) is 6.84. The lowest BCUT2D eigenvalue weighted by molar-refractivity contribution is 0.118. The maximum absolute atomic E-state index is 6.21. The summed E-state index contributed by atoms with van der Waals surface area (Å²) >= 11 is 0. The monoisotopic (exact) mass is 248 g/mol. The quantitative estimate of drug-likeness (QED) is 0.890. The van der Waals surface area contributed by atoms with Crippen LogP contribution in [0.1, 0.15) is 38.3 Å². The first-order chi connectivity index (χ1) is 8.65. The topological polar surface area (TPSA) is 38.5 Å². The molecule has 0 amide bonds. The highest BCUT2D eigenvalue weighted by atomic mass is 16.5. The van der Waals surface area contributed by atoms with Crippen molar-refractivity contribution in [1.29, 1.82) is 0 Å². The van der Waals surface area contributed by atoms with Crippen LogP contribution in [0.2, 0.25) is 0 Å². The highest BCUT2D eigenvalue weighted by molar-refractivity contribution is 5.55. The minimum absolute atomic E-state index is 0.112. The van der Waals surface area contributed by atoms with Gasteiger partial charge in [-0.1, -0.05) is 25.1 Å². The standard InChI is InChI=1S/C15H24N2O/c1-4-13(16)12-7-5-6-8-15(12)17(3)14-9-10-18-11(14)2/h5-8,11,13-14H,4,9-10,16H2,1-3H3. The van der Waals surface area contributed by atoms with Crippen molar-refractivity contribution in [2.45, 2.75) is 44.9 Å². The first-order valence-corrected chi connectivity index (χ1v) is 6.84. The van der Waals surface area contributed by atoms with E-state index in [-0.39, 0.29) is 6.04 Å². The number of ether oxygens (including phenoxy) is 1. The third kappa shape index (κ3) is 2.52. The molecular formula is C15H24N2O. The van der Waals surface area contributed by atoms with E-state index in [2.05, 4.69) is 50.1 Å². The molecule has 100 valence electrons. The van der Waals surface area contributed by atoms with E-state index in [9.17, 15) is 0 Å². The number of rotatable bonds is 4. The van der Waals surface area contributed by atoms with Gasteiger partial charge in [-0.25, -0.2) is 0 Å². The second-order valence-corrected chi connectivity index (χ2v) is 5.12. The lowest BCUT2D eigenvalue weighted by Gasteiger charge is -2.31. The second kappa shape index (κ2) is 5.72. The normalized spacial score (nSPS) is 25.1. The number of likely N-dealkylation sites (N-methyl/N-ethyl adjacent to an activating group) is 1. The molecule has 0 spiro atoms. The summed E-state index contributed by atoms with van der Waals surface area (Å²) in [4.78, 5) is 2.34. The molecule has 1 aromatic rings. The third-order valence-corrected chi connectivity index (χ3v) is 3.99. The molecule has 1 fully saturated rings. The Hall–Kier alpha value is -1.06. The van der Waals surface area contributed by atoms with Gasteiger partial charge in [-0.05, 0) is 31.4 Å². The van der Waals surface area contributed by atoms with Crippen molar-refractivity contribution in [3.05, 3.63) is 29.8 Å². The zero-order valence-electron chi connectivity index (χ0n) is 11.6. The van der Waals surface area contributed by atoms with Crippen molar-refractivity contribution in [3.8, 4) is 0 Å². The molecule has 3 heteroatoms. The van der Waals surface area contributed by atoms with E-state index >= 15 is 0 Å². The van der Waals surface area contributed by atoms with Crippen LogP contribution in [0.15, 0.2) is 24.3 Å². The van der Waals surface area contributed by atoms with Crippen LogP contribution in [0, 0.1) is 0 Å². The lowest BCUT2D eigenvalue weighted by Crippen LogP contribution is -2.37. The van der Waals surface area contributed by atoms with Crippen molar-refractivity contribution in [1.82, 2.24) is 0 Å². The minimum atomic E-state index is 0.112. The van der Waals surface area contributed by atoms with Crippen molar-refractivity contribution >= 4 is 5.69 Å². The average molecular weight is 248 g/mol. The number of anilines is 1. The van der Waals surface area contributed by atoms with Crippen LogP contribution in [-0.4, -0.2) is 25.8 Å². The Morgan fingerprint density at radius 2 is 2.17 bits per heavy atom. The highest BCUT2D eigenvalue weighted by Crippen LogP contribution is 2.30. The number of nitrogens with two attached hydrogens (primary N) is 1. The summed E-state index contributed by atoms with van der Waals surface area (Å²) in [7, 11) is 2.15. The summed E-state index contributed by atoms with van der Waals surface area (Å²) < 4.78 is 5.66. The van der Waals surface area contributed by atoms with Crippen LogP contribution in [0.4, 0.5) is 5.69 Å². The van der Waals surface area contributed by atoms with Crippen molar-refractivity contribution < 1.29 is 4.74 Å². The van der Waals surface area contributed by atoms with Gasteiger partial charge in [0, 0.05) is 25.4 Å². The van der Waals surface area contributed by atoms with Gasteiger partial charge < -0.3 is 15.4 Å². The van der Waals surface area contributed by atoms with Crippen molar-refractivity contribution in [2.24, 2.45) is 5.73 Å².